The van der Waals surface area contributed by atoms with Crippen LogP contribution < -0.4 is 10.2 Å². The van der Waals surface area contributed by atoms with E-state index in [1.54, 1.807) is 0 Å². The van der Waals surface area contributed by atoms with E-state index >= 15 is 0 Å². The molecule has 148 valence electrons. The number of hydrogen-bond donors (Lipinski definition) is 2. The summed E-state index contributed by atoms with van der Waals surface area (Å²) in [6, 6.07) is 7.43. The van der Waals surface area contributed by atoms with E-state index in [1.165, 1.54) is 6.42 Å². The van der Waals surface area contributed by atoms with Crippen LogP contribution in [0.3, 0.4) is 0 Å². The third-order valence-electron chi connectivity index (χ3n) is 5.81. The first kappa shape index (κ1) is 19.7. The predicted molar refractivity (Wildman–Crippen MR) is 106 cm³/mol. The van der Waals surface area contributed by atoms with Crippen LogP contribution in [0.2, 0.25) is 0 Å². The van der Waals surface area contributed by atoms with Crippen molar-refractivity contribution in [3.8, 4) is 0 Å². The Hall–Kier alpha value is -2.08. The molecule has 6 heteroatoms. The SMILES string of the molecule is CCCN1CCN(c2ccc(C(=O)N[C@H]3CCCC[C@H]3C(=O)O)cc2)CC1. The molecule has 1 aromatic carbocycles. The number of nitrogens with zero attached hydrogens (tertiary/aromatic N) is 2. The smallest absolute Gasteiger partial charge is 0.308 e. The molecule has 1 saturated carbocycles. The minimum absolute atomic E-state index is 0.174. The average Bonchev–Trinajstić information content (AvgIpc) is 2.69. The van der Waals surface area contributed by atoms with Crippen LogP contribution in [0.4, 0.5) is 5.69 Å². The first-order chi connectivity index (χ1) is 13.1. The van der Waals surface area contributed by atoms with Crippen molar-refractivity contribution in [3.63, 3.8) is 0 Å². The molecule has 1 aliphatic carbocycles. The summed E-state index contributed by atoms with van der Waals surface area (Å²) in [6.45, 7) is 7.54. The number of anilines is 1. The fourth-order valence-corrected chi connectivity index (χ4v) is 4.22. The Morgan fingerprint density at radius 2 is 1.74 bits per heavy atom. The van der Waals surface area contributed by atoms with Gasteiger partial charge >= 0.3 is 5.97 Å². The van der Waals surface area contributed by atoms with Crippen LogP contribution in [0, 0.1) is 5.92 Å². The van der Waals surface area contributed by atoms with Crippen LogP contribution in [-0.2, 0) is 4.79 Å². The second-order valence-electron chi connectivity index (χ2n) is 7.68. The number of rotatable bonds is 6. The lowest BCUT2D eigenvalue weighted by Gasteiger charge is -2.36. The molecule has 0 unspecified atom stereocenters. The second kappa shape index (κ2) is 9.22. The molecule has 1 saturated heterocycles. The van der Waals surface area contributed by atoms with E-state index in [0.717, 1.165) is 57.7 Å². The number of carboxylic acid groups (broad SMARTS) is 1. The molecule has 0 spiro atoms. The first-order valence-corrected chi connectivity index (χ1v) is 10.2. The monoisotopic (exact) mass is 373 g/mol. The molecular weight excluding hydrogens is 342 g/mol. The number of carbonyl (C=O) groups excluding carboxylic acids is 1. The molecule has 1 heterocycles. The van der Waals surface area contributed by atoms with Gasteiger partial charge in [-0.05, 0) is 50.1 Å². The molecule has 2 aliphatic rings. The Labute approximate surface area is 161 Å². The molecule has 27 heavy (non-hydrogen) atoms. The van der Waals surface area contributed by atoms with Crippen molar-refractivity contribution in [2.75, 3.05) is 37.6 Å². The summed E-state index contributed by atoms with van der Waals surface area (Å²) in [5.74, 6) is -1.45. The van der Waals surface area contributed by atoms with E-state index in [2.05, 4.69) is 22.0 Å². The zero-order chi connectivity index (χ0) is 19.2. The molecule has 6 nitrogen and oxygen atoms in total. The van der Waals surface area contributed by atoms with Crippen molar-refractivity contribution in [3.05, 3.63) is 29.8 Å². The first-order valence-electron chi connectivity index (χ1n) is 10.2. The molecule has 2 N–H and O–H groups in total. The second-order valence-corrected chi connectivity index (χ2v) is 7.68. The van der Waals surface area contributed by atoms with Crippen molar-refractivity contribution in [2.24, 2.45) is 5.92 Å². The summed E-state index contributed by atoms with van der Waals surface area (Å²) in [5, 5.41) is 12.3. The normalized spacial score (nSPS) is 23.8. The van der Waals surface area contributed by atoms with Gasteiger partial charge in [-0.2, -0.15) is 0 Å². The highest BCUT2D eigenvalue weighted by Crippen LogP contribution is 2.25. The summed E-state index contributed by atoms with van der Waals surface area (Å²) in [6.07, 6.45) is 4.46. The number of carbonyl (C=O) groups is 2. The van der Waals surface area contributed by atoms with Gasteiger partial charge in [-0.15, -0.1) is 0 Å². The van der Waals surface area contributed by atoms with Gasteiger partial charge in [0.25, 0.3) is 5.91 Å². The summed E-state index contributed by atoms with van der Waals surface area (Å²) in [5.41, 5.74) is 1.74. The van der Waals surface area contributed by atoms with Gasteiger partial charge in [0, 0.05) is 43.5 Å². The van der Waals surface area contributed by atoms with Crippen LogP contribution in [0.15, 0.2) is 24.3 Å². The molecule has 3 rings (SSSR count). The number of amides is 1. The molecule has 0 radical (unpaired) electrons. The molecule has 1 aromatic rings. The Balaban J connectivity index is 1.57. The highest BCUT2D eigenvalue weighted by atomic mass is 16.4. The van der Waals surface area contributed by atoms with Gasteiger partial charge in [0.05, 0.1) is 5.92 Å². The highest BCUT2D eigenvalue weighted by molar-refractivity contribution is 5.95. The largest absolute Gasteiger partial charge is 0.481 e. The Kier molecular flexibility index (Phi) is 6.72. The summed E-state index contributed by atoms with van der Waals surface area (Å²) >= 11 is 0. The van der Waals surface area contributed by atoms with Gasteiger partial charge in [0.1, 0.15) is 0 Å². The van der Waals surface area contributed by atoms with Crippen LogP contribution in [0.25, 0.3) is 0 Å². The summed E-state index contributed by atoms with van der Waals surface area (Å²) in [7, 11) is 0. The zero-order valence-electron chi connectivity index (χ0n) is 16.2. The van der Waals surface area contributed by atoms with Gasteiger partial charge < -0.3 is 15.3 Å². The van der Waals surface area contributed by atoms with Gasteiger partial charge in [-0.1, -0.05) is 19.8 Å². The Morgan fingerprint density at radius 1 is 1.07 bits per heavy atom. The lowest BCUT2D eigenvalue weighted by Crippen LogP contribution is -2.46. The maximum absolute atomic E-state index is 12.6. The number of hydrogen-bond acceptors (Lipinski definition) is 4. The molecule has 1 aliphatic heterocycles. The van der Waals surface area contributed by atoms with E-state index in [4.69, 9.17) is 0 Å². The molecule has 0 aromatic heterocycles. The number of benzene rings is 1. The topological polar surface area (TPSA) is 72.9 Å². The summed E-state index contributed by atoms with van der Waals surface area (Å²) in [4.78, 5) is 28.8. The van der Waals surface area contributed by atoms with Gasteiger partial charge in [0.15, 0.2) is 0 Å². The highest BCUT2D eigenvalue weighted by Gasteiger charge is 2.32. The van der Waals surface area contributed by atoms with E-state index in [1.807, 2.05) is 24.3 Å². The van der Waals surface area contributed by atoms with Gasteiger partial charge in [0.2, 0.25) is 0 Å². The lowest BCUT2D eigenvalue weighted by molar-refractivity contribution is -0.143. The van der Waals surface area contributed by atoms with Crippen molar-refractivity contribution in [2.45, 2.75) is 45.1 Å². The van der Waals surface area contributed by atoms with Crippen LogP contribution in [-0.4, -0.2) is 60.6 Å². The maximum Gasteiger partial charge on any atom is 0.308 e. The van der Waals surface area contributed by atoms with E-state index in [9.17, 15) is 14.7 Å². The summed E-state index contributed by atoms with van der Waals surface area (Å²) < 4.78 is 0. The minimum atomic E-state index is -0.808. The fraction of sp³-hybridized carbons (Fsp3) is 0.619. The van der Waals surface area contributed by atoms with Gasteiger partial charge in [-0.25, -0.2) is 0 Å². The lowest BCUT2D eigenvalue weighted by atomic mass is 9.84. The Morgan fingerprint density at radius 3 is 2.37 bits per heavy atom. The molecular formula is C21H31N3O3. The average molecular weight is 373 g/mol. The molecule has 0 bridgehead atoms. The fourth-order valence-electron chi connectivity index (χ4n) is 4.22. The minimum Gasteiger partial charge on any atom is -0.481 e. The standard InChI is InChI=1S/C21H31N3O3/c1-2-11-23-12-14-24(15-13-23)17-9-7-16(8-10-17)20(25)22-19-6-4-3-5-18(19)21(26)27/h7-10,18-19H,2-6,11-15H2,1H3,(H,22,25)(H,26,27)/t18-,19+/m1/s1. The van der Waals surface area contributed by atoms with Crippen molar-refractivity contribution in [1.29, 1.82) is 0 Å². The number of aliphatic carboxylic acids is 1. The van der Waals surface area contributed by atoms with E-state index < -0.39 is 11.9 Å². The quantitative estimate of drug-likeness (QED) is 0.802. The van der Waals surface area contributed by atoms with Crippen molar-refractivity contribution in [1.82, 2.24) is 10.2 Å². The van der Waals surface area contributed by atoms with Gasteiger partial charge in [-0.3, -0.25) is 14.5 Å². The van der Waals surface area contributed by atoms with Crippen molar-refractivity contribution >= 4 is 17.6 Å². The number of piperazine rings is 1. The van der Waals surface area contributed by atoms with Crippen LogP contribution in [0.5, 0.6) is 0 Å². The third-order valence-corrected chi connectivity index (χ3v) is 5.81. The van der Waals surface area contributed by atoms with E-state index in [-0.39, 0.29) is 11.9 Å². The van der Waals surface area contributed by atoms with E-state index in [0.29, 0.717) is 12.0 Å². The van der Waals surface area contributed by atoms with Crippen molar-refractivity contribution < 1.29 is 14.7 Å². The molecule has 2 atom stereocenters. The predicted octanol–water partition coefficient (Wildman–Crippen LogP) is 2.59. The Bertz CT molecular complexity index is 639. The van der Waals surface area contributed by atoms with Crippen LogP contribution in [0.1, 0.15) is 49.4 Å². The third kappa shape index (κ3) is 5.01. The maximum atomic E-state index is 12.6. The molecule has 1 amide bonds. The number of carboxylic acids is 1. The zero-order valence-corrected chi connectivity index (χ0v) is 16.2. The number of nitrogens with one attached hydrogen (secondary N) is 1. The van der Waals surface area contributed by atoms with Crippen LogP contribution >= 0.6 is 0 Å². The molecule has 2 fully saturated rings.